The van der Waals surface area contributed by atoms with Gasteiger partial charge in [0.2, 0.25) is 0 Å². The Morgan fingerprint density at radius 1 is 1.14 bits per heavy atom. The lowest BCUT2D eigenvalue weighted by Gasteiger charge is -2.23. The fourth-order valence-corrected chi connectivity index (χ4v) is 2.73. The summed E-state index contributed by atoms with van der Waals surface area (Å²) in [5.41, 5.74) is 0.0591. The van der Waals surface area contributed by atoms with Crippen molar-refractivity contribution in [3.8, 4) is 11.4 Å². The lowest BCUT2D eigenvalue weighted by molar-refractivity contribution is -0.137. The maximum absolute atomic E-state index is 12.6. The monoisotopic (exact) mass is 310 g/mol. The maximum atomic E-state index is 12.6. The Bertz CT molecular complexity index is 613. The number of ether oxygens (including phenoxy) is 1. The van der Waals surface area contributed by atoms with Gasteiger partial charge in [-0.1, -0.05) is 12.1 Å². The molecule has 118 valence electrons. The van der Waals surface area contributed by atoms with E-state index in [1.54, 1.807) is 6.20 Å². The first kappa shape index (κ1) is 15.1. The van der Waals surface area contributed by atoms with Crippen LogP contribution in [0, 0.1) is 5.92 Å². The van der Waals surface area contributed by atoms with Gasteiger partial charge in [0.1, 0.15) is 5.82 Å². The van der Waals surface area contributed by atoms with Crippen molar-refractivity contribution in [3.63, 3.8) is 0 Å². The zero-order chi connectivity index (χ0) is 15.6. The van der Waals surface area contributed by atoms with Crippen LogP contribution in [0.15, 0.2) is 36.7 Å². The van der Waals surface area contributed by atoms with Crippen LogP contribution in [0.1, 0.15) is 18.4 Å². The summed E-state index contributed by atoms with van der Waals surface area (Å²) in [5, 5.41) is 0. The minimum absolute atomic E-state index is 0.524. The molecule has 0 N–H and O–H groups in total. The van der Waals surface area contributed by atoms with Crippen molar-refractivity contribution in [1.29, 1.82) is 0 Å². The standard InChI is InChI=1S/C16H17F3N2O/c17-16(18,19)14-3-1-13(2-4-14)15-20-7-8-21(15)11-12-5-9-22-10-6-12/h1-4,7-8,12H,5-6,9-11H2. The van der Waals surface area contributed by atoms with Crippen molar-refractivity contribution in [3.05, 3.63) is 42.2 Å². The summed E-state index contributed by atoms with van der Waals surface area (Å²) in [6.45, 7) is 2.36. The number of rotatable bonds is 3. The minimum Gasteiger partial charge on any atom is -0.381 e. The van der Waals surface area contributed by atoms with Crippen molar-refractivity contribution in [2.75, 3.05) is 13.2 Å². The topological polar surface area (TPSA) is 27.1 Å². The normalized spacial score (nSPS) is 16.9. The van der Waals surface area contributed by atoms with Crippen LogP contribution in [0.25, 0.3) is 11.4 Å². The highest BCUT2D eigenvalue weighted by molar-refractivity contribution is 5.56. The Morgan fingerprint density at radius 3 is 2.45 bits per heavy atom. The molecule has 0 amide bonds. The first-order valence-corrected chi connectivity index (χ1v) is 7.30. The van der Waals surface area contributed by atoms with Crippen LogP contribution < -0.4 is 0 Å². The number of hydrogen-bond acceptors (Lipinski definition) is 2. The highest BCUT2D eigenvalue weighted by Crippen LogP contribution is 2.31. The molecule has 1 aromatic heterocycles. The van der Waals surface area contributed by atoms with Crippen LogP contribution in [0.5, 0.6) is 0 Å². The number of hydrogen-bond donors (Lipinski definition) is 0. The Balaban J connectivity index is 1.79. The van der Waals surface area contributed by atoms with Crippen molar-refractivity contribution in [2.45, 2.75) is 25.6 Å². The van der Waals surface area contributed by atoms with Crippen LogP contribution in [0.4, 0.5) is 13.2 Å². The quantitative estimate of drug-likeness (QED) is 0.857. The molecule has 0 radical (unpaired) electrons. The molecule has 1 aromatic carbocycles. The average molecular weight is 310 g/mol. The van der Waals surface area contributed by atoms with E-state index in [-0.39, 0.29) is 0 Å². The lowest BCUT2D eigenvalue weighted by atomic mass is 10.0. The molecule has 0 spiro atoms. The molecule has 6 heteroatoms. The van der Waals surface area contributed by atoms with Crippen molar-refractivity contribution < 1.29 is 17.9 Å². The fourth-order valence-electron chi connectivity index (χ4n) is 2.73. The Kier molecular flexibility index (Phi) is 4.20. The Labute approximate surface area is 126 Å². The molecule has 1 fully saturated rings. The number of nitrogens with zero attached hydrogens (tertiary/aromatic N) is 2. The van der Waals surface area contributed by atoms with Gasteiger partial charge in [-0.05, 0) is 30.9 Å². The van der Waals surface area contributed by atoms with E-state index in [1.165, 1.54) is 12.1 Å². The number of benzene rings is 1. The van der Waals surface area contributed by atoms with Crippen LogP contribution in [0.2, 0.25) is 0 Å². The Morgan fingerprint density at radius 2 is 1.82 bits per heavy atom. The van der Waals surface area contributed by atoms with E-state index in [2.05, 4.69) is 4.98 Å². The van der Waals surface area contributed by atoms with Crippen LogP contribution >= 0.6 is 0 Å². The minimum atomic E-state index is -4.31. The number of alkyl halides is 3. The van der Waals surface area contributed by atoms with Crippen molar-refractivity contribution >= 4 is 0 Å². The van der Waals surface area contributed by atoms with E-state index in [9.17, 15) is 13.2 Å². The second-order valence-corrected chi connectivity index (χ2v) is 5.53. The Hall–Kier alpha value is -1.82. The molecule has 22 heavy (non-hydrogen) atoms. The van der Waals surface area contributed by atoms with Gasteiger partial charge >= 0.3 is 6.18 Å². The predicted molar refractivity (Wildman–Crippen MR) is 76.2 cm³/mol. The summed E-state index contributed by atoms with van der Waals surface area (Å²) in [7, 11) is 0. The highest BCUT2D eigenvalue weighted by atomic mass is 19.4. The molecule has 2 aromatic rings. The number of halogens is 3. The second-order valence-electron chi connectivity index (χ2n) is 5.53. The molecular formula is C16H17F3N2O. The molecule has 3 nitrogen and oxygen atoms in total. The maximum Gasteiger partial charge on any atom is 0.416 e. The van der Waals surface area contributed by atoms with Crippen molar-refractivity contribution in [1.82, 2.24) is 9.55 Å². The smallest absolute Gasteiger partial charge is 0.381 e. The summed E-state index contributed by atoms with van der Waals surface area (Å²) >= 11 is 0. The molecule has 0 saturated carbocycles. The van der Waals surface area contributed by atoms with Crippen LogP contribution in [0.3, 0.4) is 0 Å². The largest absolute Gasteiger partial charge is 0.416 e. The molecule has 1 aliphatic rings. The van der Waals surface area contributed by atoms with Gasteiger partial charge in [0.25, 0.3) is 0 Å². The average Bonchev–Trinajstić information content (AvgIpc) is 2.96. The molecular weight excluding hydrogens is 293 g/mol. The third kappa shape index (κ3) is 3.32. The molecule has 0 atom stereocenters. The SMILES string of the molecule is FC(F)(F)c1ccc(-c2nccn2CC2CCOCC2)cc1. The molecule has 3 rings (SSSR count). The molecule has 0 aliphatic carbocycles. The summed E-state index contributed by atoms with van der Waals surface area (Å²) in [6, 6.07) is 5.16. The summed E-state index contributed by atoms with van der Waals surface area (Å²) in [5.74, 6) is 1.23. The predicted octanol–water partition coefficient (Wildman–Crippen LogP) is 4.00. The lowest BCUT2D eigenvalue weighted by Crippen LogP contribution is -2.20. The second kappa shape index (κ2) is 6.12. The van der Waals surface area contributed by atoms with E-state index in [0.717, 1.165) is 44.7 Å². The van der Waals surface area contributed by atoms with E-state index in [1.807, 2.05) is 10.8 Å². The van der Waals surface area contributed by atoms with E-state index < -0.39 is 11.7 Å². The molecule has 1 aliphatic heterocycles. The summed E-state index contributed by atoms with van der Waals surface area (Å²) in [6.07, 6.45) is 1.26. The van der Waals surface area contributed by atoms with Crippen LogP contribution in [-0.4, -0.2) is 22.8 Å². The third-order valence-corrected chi connectivity index (χ3v) is 3.98. The summed E-state index contributed by atoms with van der Waals surface area (Å²) in [4.78, 5) is 4.29. The first-order chi connectivity index (χ1) is 10.5. The van der Waals surface area contributed by atoms with Gasteiger partial charge in [-0.15, -0.1) is 0 Å². The third-order valence-electron chi connectivity index (χ3n) is 3.98. The van der Waals surface area contributed by atoms with E-state index in [0.29, 0.717) is 17.3 Å². The molecule has 2 heterocycles. The van der Waals surface area contributed by atoms with Gasteiger partial charge in [-0.2, -0.15) is 13.2 Å². The van der Waals surface area contributed by atoms with Gasteiger partial charge in [0, 0.05) is 37.7 Å². The number of aromatic nitrogens is 2. The first-order valence-electron chi connectivity index (χ1n) is 7.30. The molecule has 0 unspecified atom stereocenters. The van der Waals surface area contributed by atoms with Crippen LogP contribution in [-0.2, 0) is 17.5 Å². The molecule has 0 bridgehead atoms. The number of imidazole rings is 1. The van der Waals surface area contributed by atoms with Crippen molar-refractivity contribution in [2.24, 2.45) is 5.92 Å². The van der Waals surface area contributed by atoms with Gasteiger partial charge < -0.3 is 9.30 Å². The summed E-state index contributed by atoms with van der Waals surface area (Å²) < 4.78 is 45.2. The van der Waals surface area contributed by atoms with E-state index in [4.69, 9.17) is 4.74 Å². The van der Waals surface area contributed by atoms with Gasteiger partial charge in [-0.25, -0.2) is 4.98 Å². The van der Waals surface area contributed by atoms with Gasteiger partial charge in [0.05, 0.1) is 5.56 Å². The zero-order valence-corrected chi connectivity index (χ0v) is 12.0. The zero-order valence-electron chi connectivity index (χ0n) is 12.0. The van der Waals surface area contributed by atoms with Gasteiger partial charge in [0.15, 0.2) is 0 Å². The van der Waals surface area contributed by atoms with Gasteiger partial charge in [-0.3, -0.25) is 0 Å². The fraction of sp³-hybridized carbons (Fsp3) is 0.438. The highest BCUT2D eigenvalue weighted by Gasteiger charge is 2.30. The van der Waals surface area contributed by atoms with E-state index >= 15 is 0 Å². The molecule has 1 saturated heterocycles.